The summed E-state index contributed by atoms with van der Waals surface area (Å²) in [6, 6.07) is 9.37. The summed E-state index contributed by atoms with van der Waals surface area (Å²) in [7, 11) is 0. The van der Waals surface area contributed by atoms with Gasteiger partial charge in [0.05, 0.1) is 0 Å². The van der Waals surface area contributed by atoms with Gasteiger partial charge in [0.1, 0.15) is 17.1 Å². The first-order chi connectivity index (χ1) is 16.6. The number of hydrogen-bond acceptors (Lipinski definition) is 5. The molecule has 2 aromatic rings. The van der Waals surface area contributed by atoms with Crippen LogP contribution in [0.15, 0.2) is 55.6 Å². The molecule has 1 fully saturated rings. The maximum atomic E-state index is 12.2. The predicted molar refractivity (Wildman–Crippen MR) is 141 cm³/mol. The van der Waals surface area contributed by atoms with Gasteiger partial charge >= 0.3 is 6.09 Å². The third-order valence-corrected chi connectivity index (χ3v) is 6.00. The number of rotatable bonds is 8. The van der Waals surface area contributed by atoms with E-state index in [-0.39, 0.29) is 17.5 Å². The van der Waals surface area contributed by atoms with E-state index in [2.05, 4.69) is 23.4 Å². The number of nitrogens with zero attached hydrogens (tertiary/aromatic N) is 1. The number of ether oxygens (including phenoxy) is 1. The highest BCUT2D eigenvalue weighted by Crippen LogP contribution is 2.37. The van der Waals surface area contributed by atoms with Crippen molar-refractivity contribution in [2.45, 2.75) is 64.6 Å². The highest BCUT2D eigenvalue weighted by Gasteiger charge is 2.25. The van der Waals surface area contributed by atoms with Crippen molar-refractivity contribution < 1.29 is 19.7 Å². The largest absolute Gasteiger partial charge is 0.508 e. The second kappa shape index (κ2) is 11.5. The average Bonchev–Trinajstić information content (AvgIpc) is 2.77. The molecule has 0 aromatic heterocycles. The number of alkyl carbamates (subject to hydrolysis) is 1. The van der Waals surface area contributed by atoms with Gasteiger partial charge in [0, 0.05) is 30.3 Å². The van der Waals surface area contributed by atoms with Crippen molar-refractivity contribution in [3.05, 3.63) is 72.3 Å². The van der Waals surface area contributed by atoms with Crippen LogP contribution >= 0.6 is 0 Å². The summed E-state index contributed by atoms with van der Waals surface area (Å²) in [5.74, 6) is 0.447. The van der Waals surface area contributed by atoms with Gasteiger partial charge in [0.2, 0.25) is 0 Å². The van der Waals surface area contributed by atoms with Crippen LogP contribution in [-0.4, -0.2) is 45.9 Å². The Balaban J connectivity index is 1.83. The first-order valence-corrected chi connectivity index (χ1v) is 12.2. The Morgan fingerprint density at radius 2 is 1.89 bits per heavy atom. The molecule has 1 atom stereocenters. The molecule has 0 saturated carbocycles. The van der Waals surface area contributed by atoms with Gasteiger partial charge in [-0.1, -0.05) is 24.3 Å². The van der Waals surface area contributed by atoms with E-state index in [0.29, 0.717) is 25.9 Å². The van der Waals surface area contributed by atoms with Crippen LogP contribution in [0, 0.1) is 0 Å². The number of aromatic hydroxyl groups is 2. The standard InChI is InChI=1S/C29H38N2O4/c1-6-9-20-15-23(18-31-14-8-11-24(19-31)30-28(34)35-29(3,4)5)27(33)25(16-20)21-12-13-26(32)22(17-21)10-7-2/h6-7,12-13,15-17,24,32-33H,1-2,8-11,14,18-19H2,3-5H3,(H,30,34). The average molecular weight is 479 g/mol. The number of phenols is 2. The number of hydrogen-bond donors (Lipinski definition) is 3. The molecule has 0 aliphatic carbocycles. The molecular formula is C29H38N2O4. The molecular weight excluding hydrogens is 440 g/mol. The van der Waals surface area contributed by atoms with Crippen LogP contribution in [0.4, 0.5) is 4.79 Å². The van der Waals surface area contributed by atoms with E-state index >= 15 is 0 Å². The van der Waals surface area contributed by atoms with Crippen LogP contribution in [0.1, 0.15) is 50.3 Å². The molecule has 3 N–H and O–H groups in total. The van der Waals surface area contributed by atoms with Crippen molar-refractivity contribution in [2.24, 2.45) is 0 Å². The minimum absolute atomic E-state index is 0.00451. The molecule has 6 heteroatoms. The van der Waals surface area contributed by atoms with E-state index in [0.717, 1.165) is 47.2 Å². The fraction of sp³-hybridized carbons (Fsp3) is 0.414. The van der Waals surface area contributed by atoms with Crippen molar-refractivity contribution in [2.75, 3.05) is 13.1 Å². The zero-order valence-electron chi connectivity index (χ0n) is 21.1. The molecule has 0 spiro atoms. The third kappa shape index (κ3) is 7.36. The molecule has 6 nitrogen and oxygen atoms in total. The normalized spacial score (nSPS) is 16.5. The van der Waals surface area contributed by atoms with E-state index in [1.54, 1.807) is 12.1 Å². The topological polar surface area (TPSA) is 82.0 Å². The molecule has 0 radical (unpaired) electrons. The maximum Gasteiger partial charge on any atom is 0.407 e. The summed E-state index contributed by atoms with van der Waals surface area (Å²) < 4.78 is 5.41. The third-order valence-electron chi connectivity index (χ3n) is 6.00. The number of carbonyl (C=O) groups is 1. The number of piperidine rings is 1. The van der Waals surface area contributed by atoms with Gasteiger partial charge in [-0.2, -0.15) is 0 Å². The second-order valence-electron chi connectivity index (χ2n) is 10.2. The van der Waals surface area contributed by atoms with Crippen molar-refractivity contribution in [1.29, 1.82) is 0 Å². The lowest BCUT2D eigenvalue weighted by Gasteiger charge is -2.34. The van der Waals surface area contributed by atoms with Crippen LogP contribution in [0.25, 0.3) is 11.1 Å². The Kier molecular flexibility index (Phi) is 8.62. The zero-order chi connectivity index (χ0) is 25.6. The fourth-order valence-electron chi connectivity index (χ4n) is 4.49. The number of phenolic OH excluding ortho intramolecular Hbond substituents is 2. The molecule has 1 aliphatic heterocycles. The van der Waals surface area contributed by atoms with Gasteiger partial charge in [-0.3, -0.25) is 4.90 Å². The van der Waals surface area contributed by atoms with Gasteiger partial charge in [-0.05, 0) is 87.9 Å². The molecule has 2 aromatic carbocycles. The van der Waals surface area contributed by atoms with Crippen LogP contribution < -0.4 is 5.32 Å². The lowest BCUT2D eigenvalue weighted by molar-refractivity contribution is 0.0470. The Bertz CT molecular complexity index is 1070. The van der Waals surface area contributed by atoms with E-state index in [9.17, 15) is 15.0 Å². The lowest BCUT2D eigenvalue weighted by Crippen LogP contribution is -2.48. The van der Waals surface area contributed by atoms with Gasteiger partial charge in [-0.25, -0.2) is 4.79 Å². The smallest absolute Gasteiger partial charge is 0.407 e. The minimum atomic E-state index is -0.536. The molecule has 3 rings (SSSR count). The van der Waals surface area contributed by atoms with Gasteiger partial charge in [0.15, 0.2) is 0 Å². The van der Waals surface area contributed by atoms with E-state index < -0.39 is 11.7 Å². The van der Waals surface area contributed by atoms with Crippen LogP contribution in [0.3, 0.4) is 0 Å². The van der Waals surface area contributed by atoms with Gasteiger partial charge in [0.25, 0.3) is 0 Å². The Labute approximate surface area is 208 Å². The monoisotopic (exact) mass is 478 g/mol. The first kappa shape index (κ1) is 26.4. The molecule has 0 bridgehead atoms. The molecule has 1 amide bonds. The van der Waals surface area contributed by atoms with Crippen LogP contribution in [0.5, 0.6) is 11.5 Å². The Morgan fingerprint density at radius 3 is 2.57 bits per heavy atom. The second-order valence-corrected chi connectivity index (χ2v) is 10.2. The molecule has 1 aliphatic rings. The zero-order valence-corrected chi connectivity index (χ0v) is 21.1. The van der Waals surface area contributed by atoms with Crippen LogP contribution in [0.2, 0.25) is 0 Å². The summed E-state index contributed by atoms with van der Waals surface area (Å²) in [4.78, 5) is 14.5. The fourth-order valence-corrected chi connectivity index (χ4v) is 4.49. The lowest BCUT2D eigenvalue weighted by atomic mass is 9.94. The maximum absolute atomic E-state index is 12.2. The quantitative estimate of drug-likeness (QED) is 0.423. The van der Waals surface area contributed by atoms with Crippen LogP contribution in [-0.2, 0) is 24.1 Å². The van der Waals surface area contributed by atoms with Crippen molar-refractivity contribution in [1.82, 2.24) is 10.2 Å². The summed E-state index contributed by atoms with van der Waals surface area (Å²) in [5, 5.41) is 24.4. The minimum Gasteiger partial charge on any atom is -0.508 e. The predicted octanol–water partition coefficient (Wildman–Crippen LogP) is 5.71. The SMILES string of the molecule is C=CCc1cc(CN2CCCC(NC(=O)OC(C)(C)C)C2)c(O)c(-c2ccc(O)c(CC=C)c2)c1. The van der Waals surface area contributed by atoms with E-state index in [4.69, 9.17) is 4.74 Å². The number of likely N-dealkylation sites (tertiary alicyclic amines) is 1. The Morgan fingerprint density at radius 1 is 1.14 bits per heavy atom. The van der Waals surface area contributed by atoms with E-state index in [1.165, 1.54) is 0 Å². The molecule has 1 unspecified atom stereocenters. The molecule has 188 valence electrons. The van der Waals surface area contributed by atoms with Crippen molar-refractivity contribution >= 4 is 6.09 Å². The number of benzene rings is 2. The summed E-state index contributed by atoms with van der Waals surface area (Å²) in [6.45, 7) is 15.3. The first-order valence-electron chi connectivity index (χ1n) is 12.2. The highest BCUT2D eigenvalue weighted by atomic mass is 16.6. The van der Waals surface area contributed by atoms with Gasteiger partial charge < -0.3 is 20.3 Å². The van der Waals surface area contributed by atoms with E-state index in [1.807, 2.05) is 51.1 Å². The summed E-state index contributed by atoms with van der Waals surface area (Å²) >= 11 is 0. The molecule has 1 heterocycles. The number of carbonyl (C=O) groups excluding carboxylic acids is 1. The number of nitrogens with one attached hydrogen (secondary N) is 1. The highest BCUT2D eigenvalue weighted by molar-refractivity contribution is 5.74. The van der Waals surface area contributed by atoms with Crippen molar-refractivity contribution in [3.8, 4) is 22.6 Å². The Hall–Kier alpha value is -3.25. The number of amides is 1. The van der Waals surface area contributed by atoms with Gasteiger partial charge in [-0.15, -0.1) is 13.2 Å². The molecule has 35 heavy (non-hydrogen) atoms. The summed E-state index contributed by atoms with van der Waals surface area (Å²) in [5.41, 5.74) is 3.68. The number of allylic oxidation sites excluding steroid dienone is 2. The molecule has 1 saturated heterocycles. The van der Waals surface area contributed by atoms with Crippen molar-refractivity contribution in [3.63, 3.8) is 0 Å². The summed E-state index contributed by atoms with van der Waals surface area (Å²) in [6.07, 6.45) is 6.26.